The summed E-state index contributed by atoms with van der Waals surface area (Å²) < 4.78 is 26.3. The minimum atomic E-state index is -3.51. The largest absolute Gasteiger partial charge is 0.352 e. The van der Waals surface area contributed by atoms with Gasteiger partial charge in [-0.25, -0.2) is 8.42 Å². The number of rotatable bonds is 13. The summed E-state index contributed by atoms with van der Waals surface area (Å²) in [6.07, 6.45) is 2.94. The van der Waals surface area contributed by atoms with Crippen molar-refractivity contribution in [2.45, 2.75) is 78.9 Å². The maximum Gasteiger partial charge on any atom is 0.243 e. The summed E-state index contributed by atoms with van der Waals surface area (Å²) in [7, 11) is -3.51. The van der Waals surface area contributed by atoms with Crippen LogP contribution in [-0.4, -0.2) is 50.0 Å². The van der Waals surface area contributed by atoms with Crippen LogP contribution in [0.4, 0.5) is 5.69 Å². The summed E-state index contributed by atoms with van der Waals surface area (Å²) in [6, 6.07) is 14.6. The lowest BCUT2D eigenvalue weighted by Crippen LogP contribution is -2.50. The number of hydrogen-bond donors (Lipinski definition) is 1. The van der Waals surface area contributed by atoms with E-state index >= 15 is 0 Å². The summed E-state index contributed by atoms with van der Waals surface area (Å²) in [6.45, 7) is 10.3. The number of carbonyl (C=O) groups excluding carboxylic acids is 2. The molecule has 2 amide bonds. The Kier molecular flexibility index (Phi) is 11.0. The van der Waals surface area contributed by atoms with Crippen LogP contribution in [0, 0.1) is 13.8 Å². The molecule has 198 valence electrons. The Morgan fingerprint density at radius 1 is 0.972 bits per heavy atom. The third-order valence-corrected chi connectivity index (χ3v) is 7.50. The SMILES string of the molecule is CCC(C)NC(=O)C(CC)N(Cc1ccc(C)cc1)C(=O)CCCN(c1cccc(C)c1)S(C)(=O)=O. The van der Waals surface area contributed by atoms with Crippen molar-refractivity contribution in [3.8, 4) is 0 Å². The molecular weight excluding hydrogens is 474 g/mol. The Balaban J connectivity index is 2.22. The number of nitrogens with one attached hydrogen (secondary N) is 1. The van der Waals surface area contributed by atoms with Gasteiger partial charge in [0.2, 0.25) is 21.8 Å². The first kappa shape index (κ1) is 29.4. The van der Waals surface area contributed by atoms with E-state index in [2.05, 4.69) is 5.32 Å². The van der Waals surface area contributed by atoms with Crippen LogP contribution in [0.1, 0.15) is 63.1 Å². The van der Waals surface area contributed by atoms with Crippen LogP contribution in [-0.2, 0) is 26.2 Å². The van der Waals surface area contributed by atoms with Gasteiger partial charge in [-0.15, -0.1) is 0 Å². The predicted molar refractivity (Wildman–Crippen MR) is 146 cm³/mol. The molecule has 36 heavy (non-hydrogen) atoms. The Morgan fingerprint density at radius 3 is 2.19 bits per heavy atom. The van der Waals surface area contributed by atoms with Gasteiger partial charge >= 0.3 is 0 Å². The molecule has 2 atom stereocenters. The molecular formula is C28H41N3O4S. The molecule has 0 saturated carbocycles. The van der Waals surface area contributed by atoms with Crippen LogP contribution in [0.25, 0.3) is 0 Å². The number of benzene rings is 2. The van der Waals surface area contributed by atoms with Crippen LogP contribution >= 0.6 is 0 Å². The van der Waals surface area contributed by atoms with E-state index in [0.717, 1.165) is 23.1 Å². The Morgan fingerprint density at radius 2 is 1.64 bits per heavy atom. The highest BCUT2D eigenvalue weighted by molar-refractivity contribution is 7.92. The number of amides is 2. The molecule has 2 unspecified atom stereocenters. The van der Waals surface area contributed by atoms with Gasteiger partial charge in [0.05, 0.1) is 11.9 Å². The Hall–Kier alpha value is -2.87. The average Bonchev–Trinajstić information content (AvgIpc) is 2.81. The number of nitrogens with zero attached hydrogens (tertiary/aromatic N) is 2. The third-order valence-electron chi connectivity index (χ3n) is 6.30. The van der Waals surface area contributed by atoms with E-state index in [9.17, 15) is 18.0 Å². The van der Waals surface area contributed by atoms with E-state index in [-0.39, 0.29) is 30.8 Å². The second-order valence-corrected chi connectivity index (χ2v) is 11.4. The molecule has 0 aliphatic heterocycles. The molecule has 7 nitrogen and oxygen atoms in total. The predicted octanol–water partition coefficient (Wildman–Crippen LogP) is 4.57. The molecule has 2 aromatic rings. The molecule has 2 rings (SSSR count). The molecule has 2 aromatic carbocycles. The molecule has 0 bridgehead atoms. The summed E-state index contributed by atoms with van der Waals surface area (Å²) in [5.41, 5.74) is 3.61. The van der Waals surface area contributed by atoms with Crippen LogP contribution < -0.4 is 9.62 Å². The highest BCUT2D eigenvalue weighted by atomic mass is 32.2. The zero-order valence-corrected chi connectivity index (χ0v) is 23.3. The monoisotopic (exact) mass is 515 g/mol. The lowest BCUT2D eigenvalue weighted by atomic mass is 10.1. The lowest BCUT2D eigenvalue weighted by Gasteiger charge is -2.32. The minimum absolute atomic E-state index is 0.0144. The summed E-state index contributed by atoms with van der Waals surface area (Å²) in [4.78, 5) is 28.2. The second kappa shape index (κ2) is 13.4. The topological polar surface area (TPSA) is 86.8 Å². The average molecular weight is 516 g/mol. The fourth-order valence-electron chi connectivity index (χ4n) is 4.04. The van der Waals surface area contributed by atoms with Gasteiger partial charge in [-0.1, -0.05) is 55.8 Å². The number of sulfonamides is 1. The van der Waals surface area contributed by atoms with Crippen molar-refractivity contribution in [1.82, 2.24) is 10.2 Å². The molecule has 0 aliphatic carbocycles. The number of anilines is 1. The van der Waals surface area contributed by atoms with E-state index in [4.69, 9.17) is 0 Å². The zero-order valence-electron chi connectivity index (χ0n) is 22.5. The molecule has 0 spiro atoms. The fraction of sp³-hybridized carbons (Fsp3) is 0.500. The van der Waals surface area contributed by atoms with Crippen molar-refractivity contribution in [2.75, 3.05) is 17.1 Å². The van der Waals surface area contributed by atoms with E-state index < -0.39 is 16.1 Å². The Bertz CT molecular complexity index is 1120. The fourth-order valence-corrected chi connectivity index (χ4v) is 5.00. The molecule has 1 N–H and O–H groups in total. The second-order valence-electron chi connectivity index (χ2n) is 9.53. The molecule has 0 aliphatic rings. The van der Waals surface area contributed by atoms with Gasteiger partial charge in [0.1, 0.15) is 6.04 Å². The quantitative estimate of drug-likeness (QED) is 0.423. The van der Waals surface area contributed by atoms with E-state index in [1.54, 1.807) is 11.0 Å². The van der Waals surface area contributed by atoms with Crippen molar-refractivity contribution in [1.29, 1.82) is 0 Å². The van der Waals surface area contributed by atoms with Gasteiger partial charge in [0.25, 0.3) is 0 Å². The first-order valence-electron chi connectivity index (χ1n) is 12.7. The molecule has 0 heterocycles. The first-order valence-corrected chi connectivity index (χ1v) is 14.5. The number of carbonyl (C=O) groups is 2. The molecule has 0 fully saturated rings. The van der Waals surface area contributed by atoms with E-state index in [1.807, 2.05) is 77.1 Å². The standard InChI is InChI=1S/C28H41N3O4S/c1-7-23(5)29-28(33)26(8-2)30(20-24-16-14-21(3)15-17-24)27(32)13-10-18-31(36(6,34)35)25-12-9-11-22(4)19-25/h9,11-12,14-17,19,23,26H,7-8,10,13,18,20H2,1-6H3,(H,29,33). The van der Waals surface area contributed by atoms with E-state index in [0.29, 0.717) is 25.1 Å². The highest BCUT2D eigenvalue weighted by Crippen LogP contribution is 2.21. The van der Waals surface area contributed by atoms with Crippen LogP contribution in [0.15, 0.2) is 48.5 Å². The van der Waals surface area contributed by atoms with Gasteiger partial charge in [0.15, 0.2) is 0 Å². The van der Waals surface area contributed by atoms with Crippen LogP contribution in [0.5, 0.6) is 0 Å². The molecule has 0 saturated heterocycles. The van der Waals surface area contributed by atoms with Gasteiger partial charge in [0, 0.05) is 25.6 Å². The first-order chi connectivity index (χ1) is 17.0. The van der Waals surface area contributed by atoms with Crippen molar-refractivity contribution >= 4 is 27.5 Å². The summed E-state index contributed by atoms with van der Waals surface area (Å²) >= 11 is 0. The van der Waals surface area contributed by atoms with Gasteiger partial charge in [-0.2, -0.15) is 0 Å². The zero-order chi connectivity index (χ0) is 26.9. The van der Waals surface area contributed by atoms with Gasteiger partial charge in [-0.05, 0) is 63.3 Å². The summed E-state index contributed by atoms with van der Waals surface area (Å²) in [5.74, 6) is -0.329. The van der Waals surface area contributed by atoms with Crippen molar-refractivity contribution < 1.29 is 18.0 Å². The van der Waals surface area contributed by atoms with Gasteiger partial charge in [-0.3, -0.25) is 13.9 Å². The molecule has 0 radical (unpaired) electrons. The summed E-state index contributed by atoms with van der Waals surface area (Å²) in [5, 5.41) is 3.01. The maximum atomic E-state index is 13.5. The smallest absolute Gasteiger partial charge is 0.243 e. The number of aryl methyl sites for hydroxylation is 2. The Labute approximate surface area is 216 Å². The third kappa shape index (κ3) is 8.66. The van der Waals surface area contributed by atoms with Crippen molar-refractivity contribution in [2.24, 2.45) is 0 Å². The van der Waals surface area contributed by atoms with Crippen molar-refractivity contribution in [3.05, 3.63) is 65.2 Å². The van der Waals surface area contributed by atoms with Crippen LogP contribution in [0.3, 0.4) is 0 Å². The van der Waals surface area contributed by atoms with Crippen molar-refractivity contribution in [3.63, 3.8) is 0 Å². The lowest BCUT2D eigenvalue weighted by molar-refractivity contribution is -0.141. The van der Waals surface area contributed by atoms with Gasteiger partial charge < -0.3 is 10.2 Å². The minimum Gasteiger partial charge on any atom is -0.352 e. The van der Waals surface area contributed by atoms with E-state index in [1.165, 1.54) is 10.6 Å². The normalized spacial score (nSPS) is 13.1. The van der Waals surface area contributed by atoms with Crippen LogP contribution in [0.2, 0.25) is 0 Å². The molecule has 0 aromatic heterocycles. The number of hydrogen-bond acceptors (Lipinski definition) is 4. The molecule has 8 heteroatoms. The highest BCUT2D eigenvalue weighted by Gasteiger charge is 2.29. The maximum absolute atomic E-state index is 13.5.